The molecule has 0 bridgehead atoms. The summed E-state index contributed by atoms with van der Waals surface area (Å²) in [6, 6.07) is 8.47. The third-order valence-corrected chi connectivity index (χ3v) is 6.87. The molecule has 0 radical (unpaired) electrons. The van der Waals surface area contributed by atoms with Gasteiger partial charge in [0.25, 0.3) is 10.0 Å². The molecule has 0 aliphatic rings. The Morgan fingerprint density at radius 1 is 1.28 bits per heavy atom. The molecule has 0 amide bonds. The molecule has 0 aliphatic heterocycles. The molecule has 7 nitrogen and oxygen atoms in total. The van der Waals surface area contributed by atoms with Crippen molar-refractivity contribution in [1.82, 2.24) is 10.1 Å². The van der Waals surface area contributed by atoms with Crippen molar-refractivity contribution in [3.8, 4) is 17.1 Å². The molecule has 0 unspecified atom stereocenters. The smallest absolute Gasteiger partial charge is 0.273 e. The van der Waals surface area contributed by atoms with Gasteiger partial charge in [-0.05, 0) is 37.3 Å². The van der Waals surface area contributed by atoms with Crippen LogP contribution in [0.25, 0.3) is 11.4 Å². The van der Waals surface area contributed by atoms with Crippen LogP contribution in [0, 0.1) is 6.92 Å². The second kappa shape index (κ2) is 6.85. The summed E-state index contributed by atoms with van der Waals surface area (Å²) in [7, 11) is -2.11. The van der Waals surface area contributed by atoms with E-state index < -0.39 is 10.0 Å². The van der Waals surface area contributed by atoms with Gasteiger partial charge in [0.15, 0.2) is 0 Å². The van der Waals surface area contributed by atoms with E-state index in [0.717, 1.165) is 11.3 Å². The lowest BCUT2D eigenvalue weighted by molar-refractivity contribution is 0.394. The highest BCUT2D eigenvalue weighted by Gasteiger charge is 2.26. The van der Waals surface area contributed by atoms with Crippen molar-refractivity contribution in [2.75, 3.05) is 18.0 Å². The summed E-state index contributed by atoms with van der Waals surface area (Å²) in [5, 5.41) is 5.53. The molecule has 3 aromatic rings. The molecule has 25 heavy (non-hydrogen) atoms. The van der Waals surface area contributed by atoms with Crippen LogP contribution in [0.3, 0.4) is 0 Å². The fourth-order valence-corrected chi connectivity index (χ4v) is 5.08. The fourth-order valence-electron chi connectivity index (χ4n) is 2.33. The lowest BCUT2D eigenvalue weighted by atomic mass is 10.3. The Morgan fingerprint density at radius 2 is 2.00 bits per heavy atom. The molecule has 9 heteroatoms. The number of ether oxygens (including phenoxy) is 1. The van der Waals surface area contributed by atoms with Crippen LogP contribution in [0.2, 0.25) is 0 Å². The third-order valence-electron chi connectivity index (χ3n) is 3.55. The number of rotatable bonds is 6. The molecule has 2 heterocycles. The van der Waals surface area contributed by atoms with E-state index in [0.29, 0.717) is 35.3 Å². The van der Waals surface area contributed by atoms with Gasteiger partial charge in [0.1, 0.15) is 9.96 Å². The molecule has 0 saturated heterocycles. The Morgan fingerprint density at radius 3 is 2.56 bits per heavy atom. The average molecular weight is 379 g/mol. The topological polar surface area (TPSA) is 85.5 Å². The SMILES string of the molecule is CCN(c1ccc(OC)cc1)S(=O)(=O)c1cc(-c2noc(C)n2)cs1. The summed E-state index contributed by atoms with van der Waals surface area (Å²) in [5.41, 5.74) is 1.19. The van der Waals surface area contributed by atoms with Crippen molar-refractivity contribution in [2.24, 2.45) is 0 Å². The minimum atomic E-state index is -3.68. The van der Waals surface area contributed by atoms with Crippen molar-refractivity contribution in [1.29, 1.82) is 0 Å². The Balaban J connectivity index is 1.94. The molecule has 0 saturated carbocycles. The van der Waals surface area contributed by atoms with Crippen LogP contribution in [-0.4, -0.2) is 32.2 Å². The zero-order valence-electron chi connectivity index (χ0n) is 14.0. The van der Waals surface area contributed by atoms with E-state index in [9.17, 15) is 8.42 Å². The monoisotopic (exact) mass is 379 g/mol. The highest BCUT2D eigenvalue weighted by atomic mass is 32.2. The molecule has 2 aromatic heterocycles. The number of hydrogen-bond donors (Lipinski definition) is 0. The molecule has 0 aliphatic carbocycles. The first kappa shape index (κ1) is 17.4. The van der Waals surface area contributed by atoms with Crippen LogP contribution < -0.4 is 9.04 Å². The number of aromatic nitrogens is 2. The normalized spacial score (nSPS) is 11.5. The summed E-state index contributed by atoms with van der Waals surface area (Å²) in [5.74, 6) is 1.48. The van der Waals surface area contributed by atoms with E-state index in [4.69, 9.17) is 9.26 Å². The second-order valence-corrected chi connectivity index (χ2v) is 8.16. The summed E-state index contributed by atoms with van der Waals surface area (Å²) in [6.45, 7) is 3.78. The van der Waals surface area contributed by atoms with E-state index >= 15 is 0 Å². The van der Waals surface area contributed by atoms with Gasteiger partial charge in [0.2, 0.25) is 11.7 Å². The van der Waals surface area contributed by atoms with Gasteiger partial charge in [-0.3, -0.25) is 4.31 Å². The van der Waals surface area contributed by atoms with Crippen molar-refractivity contribution in [3.05, 3.63) is 41.6 Å². The Hall–Kier alpha value is -2.39. The number of methoxy groups -OCH3 is 1. The summed E-state index contributed by atoms with van der Waals surface area (Å²) >= 11 is 1.13. The first-order chi connectivity index (χ1) is 12.0. The Kier molecular flexibility index (Phi) is 4.78. The molecular weight excluding hydrogens is 362 g/mol. The van der Waals surface area contributed by atoms with Crippen LogP contribution in [-0.2, 0) is 10.0 Å². The van der Waals surface area contributed by atoms with Crippen LogP contribution in [0.15, 0.2) is 44.4 Å². The average Bonchev–Trinajstić information content (AvgIpc) is 3.25. The number of anilines is 1. The van der Waals surface area contributed by atoms with Crippen molar-refractivity contribution < 1.29 is 17.7 Å². The highest BCUT2D eigenvalue weighted by molar-refractivity contribution is 7.94. The van der Waals surface area contributed by atoms with Gasteiger partial charge >= 0.3 is 0 Å². The standard InChI is InChI=1S/C16H17N3O4S2/c1-4-19(13-5-7-14(22-3)8-6-13)25(20,21)15-9-12(10-24-15)16-17-11(2)23-18-16/h5-10H,4H2,1-3H3. The maximum absolute atomic E-state index is 13.0. The quantitative estimate of drug-likeness (QED) is 0.653. The van der Waals surface area contributed by atoms with Gasteiger partial charge < -0.3 is 9.26 Å². The van der Waals surface area contributed by atoms with Gasteiger partial charge in [0.05, 0.1) is 12.8 Å². The second-order valence-electron chi connectivity index (χ2n) is 5.16. The summed E-state index contributed by atoms with van der Waals surface area (Å²) in [6.07, 6.45) is 0. The molecule has 0 atom stereocenters. The summed E-state index contributed by atoms with van der Waals surface area (Å²) < 4.78 is 37.7. The van der Waals surface area contributed by atoms with Gasteiger partial charge in [-0.25, -0.2) is 8.42 Å². The minimum Gasteiger partial charge on any atom is -0.497 e. The van der Waals surface area contributed by atoms with E-state index in [1.54, 1.807) is 56.7 Å². The zero-order chi connectivity index (χ0) is 18.0. The number of hydrogen-bond acceptors (Lipinski definition) is 7. The molecule has 0 fully saturated rings. The predicted molar refractivity (Wildman–Crippen MR) is 95.5 cm³/mol. The number of nitrogens with zero attached hydrogens (tertiary/aromatic N) is 3. The number of aryl methyl sites for hydroxylation is 1. The van der Waals surface area contributed by atoms with E-state index in [1.807, 2.05) is 0 Å². The molecule has 0 spiro atoms. The van der Waals surface area contributed by atoms with E-state index in [-0.39, 0.29) is 4.21 Å². The van der Waals surface area contributed by atoms with Crippen molar-refractivity contribution in [2.45, 2.75) is 18.1 Å². The van der Waals surface area contributed by atoms with E-state index in [1.165, 1.54) is 4.31 Å². The molecular formula is C16H17N3O4S2. The number of benzene rings is 1. The lowest BCUT2D eigenvalue weighted by Crippen LogP contribution is -2.30. The molecule has 132 valence electrons. The third kappa shape index (κ3) is 3.38. The molecule has 3 rings (SSSR count). The number of sulfonamides is 1. The van der Waals surface area contributed by atoms with Gasteiger partial charge in [0, 0.05) is 24.4 Å². The van der Waals surface area contributed by atoms with Gasteiger partial charge in [-0.1, -0.05) is 5.16 Å². The maximum Gasteiger partial charge on any atom is 0.273 e. The summed E-state index contributed by atoms with van der Waals surface area (Å²) in [4.78, 5) is 4.13. The molecule has 0 N–H and O–H groups in total. The maximum atomic E-state index is 13.0. The minimum absolute atomic E-state index is 0.225. The Bertz CT molecular complexity index is 961. The predicted octanol–water partition coefficient (Wildman–Crippen LogP) is 3.33. The van der Waals surface area contributed by atoms with Gasteiger partial charge in [-0.2, -0.15) is 4.98 Å². The molecule has 1 aromatic carbocycles. The lowest BCUT2D eigenvalue weighted by Gasteiger charge is -2.22. The first-order valence-corrected chi connectivity index (χ1v) is 9.83. The van der Waals surface area contributed by atoms with Crippen molar-refractivity contribution in [3.63, 3.8) is 0 Å². The van der Waals surface area contributed by atoms with Crippen LogP contribution >= 0.6 is 11.3 Å². The van der Waals surface area contributed by atoms with Crippen molar-refractivity contribution >= 4 is 27.0 Å². The largest absolute Gasteiger partial charge is 0.497 e. The van der Waals surface area contributed by atoms with Crippen LogP contribution in [0.5, 0.6) is 5.75 Å². The van der Waals surface area contributed by atoms with Gasteiger partial charge in [-0.15, -0.1) is 11.3 Å². The first-order valence-electron chi connectivity index (χ1n) is 7.51. The number of thiophene rings is 1. The van der Waals surface area contributed by atoms with Crippen LogP contribution in [0.1, 0.15) is 12.8 Å². The zero-order valence-corrected chi connectivity index (χ0v) is 15.6. The Labute approximate surface area is 149 Å². The highest BCUT2D eigenvalue weighted by Crippen LogP contribution is 2.31. The van der Waals surface area contributed by atoms with Crippen LogP contribution in [0.4, 0.5) is 5.69 Å². The fraction of sp³-hybridized carbons (Fsp3) is 0.250. The van der Waals surface area contributed by atoms with E-state index in [2.05, 4.69) is 10.1 Å².